The van der Waals surface area contributed by atoms with Crippen LogP contribution in [0.25, 0.3) is 16.8 Å². The van der Waals surface area contributed by atoms with Gasteiger partial charge in [-0.15, -0.1) is 0 Å². The number of aromatic nitrogens is 6. The van der Waals surface area contributed by atoms with E-state index in [1.807, 2.05) is 44.4 Å². The standard InChI is InChI=1S/C23H26N8O3/c1-4-16-10-20(26-14(2)25-16)27-21-11-18-9-15(5-8-31(18)28-21)22-19(12-24-29(22)3)34-13-17-6-7-30(17)23(32)33/h5,8-12,17H,4,6-7,13H2,1-3H3,(H,32,33)(H,25,26,27,28)/t17-/m0/s1. The van der Waals surface area contributed by atoms with Gasteiger partial charge in [0.15, 0.2) is 11.6 Å². The van der Waals surface area contributed by atoms with Crippen LogP contribution in [0.2, 0.25) is 0 Å². The third-order valence-electron chi connectivity index (χ3n) is 5.97. The van der Waals surface area contributed by atoms with Crippen LogP contribution in [0.4, 0.5) is 16.4 Å². The maximum absolute atomic E-state index is 11.2. The van der Waals surface area contributed by atoms with Crippen molar-refractivity contribution in [3.63, 3.8) is 0 Å². The van der Waals surface area contributed by atoms with Gasteiger partial charge in [0.2, 0.25) is 0 Å². The molecular weight excluding hydrogens is 436 g/mol. The highest BCUT2D eigenvalue weighted by Crippen LogP contribution is 2.31. The number of ether oxygens (including phenoxy) is 1. The minimum Gasteiger partial charge on any atom is -0.487 e. The van der Waals surface area contributed by atoms with Crippen LogP contribution in [0.1, 0.15) is 24.9 Å². The molecule has 176 valence electrons. The smallest absolute Gasteiger partial charge is 0.407 e. The third-order valence-corrected chi connectivity index (χ3v) is 5.97. The van der Waals surface area contributed by atoms with Gasteiger partial charge in [-0.3, -0.25) is 4.68 Å². The molecule has 11 heteroatoms. The first-order chi connectivity index (χ1) is 16.4. The van der Waals surface area contributed by atoms with Crippen molar-refractivity contribution in [1.29, 1.82) is 0 Å². The highest BCUT2D eigenvalue weighted by atomic mass is 16.5. The summed E-state index contributed by atoms with van der Waals surface area (Å²) >= 11 is 0. The van der Waals surface area contributed by atoms with Crippen molar-refractivity contribution in [3.05, 3.63) is 48.2 Å². The fourth-order valence-corrected chi connectivity index (χ4v) is 4.11. The average molecular weight is 463 g/mol. The first kappa shape index (κ1) is 21.7. The number of fused-ring (bicyclic) bond motifs is 1. The lowest BCUT2D eigenvalue weighted by atomic mass is 10.1. The van der Waals surface area contributed by atoms with E-state index in [1.165, 1.54) is 4.90 Å². The molecule has 0 spiro atoms. The van der Waals surface area contributed by atoms with Crippen molar-refractivity contribution >= 4 is 23.2 Å². The van der Waals surface area contributed by atoms with E-state index < -0.39 is 6.09 Å². The molecule has 1 atom stereocenters. The number of nitrogens with zero attached hydrogens (tertiary/aromatic N) is 7. The molecule has 5 heterocycles. The summed E-state index contributed by atoms with van der Waals surface area (Å²) in [6.07, 6.45) is 4.26. The number of likely N-dealkylation sites (tertiary alicyclic amines) is 1. The molecule has 5 rings (SSSR count). The summed E-state index contributed by atoms with van der Waals surface area (Å²) in [5, 5.41) is 21.4. The van der Waals surface area contributed by atoms with Gasteiger partial charge in [0.05, 0.1) is 17.8 Å². The van der Waals surface area contributed by atoms with Crippen LogP contribution in [-0.2, 0) is 13.5 Å². The Hall–Kier alpha value is -4.15. The molecule has 2 N–H and O–H groups in total. The fraction of sp³-hybridized carbons (Fsp3) is 0.348. The van der Waals surface area contributed by atoms with Crippen LogP contribution >= 0.6 is 0 Å². The zero-order valence-corrected chi connectivity index (χ0v) is 19.3. The average Bonchev–Trinajstić information content (AvgIpc) is 3.33. The van der Waals surface area contributed by atoms with E-state index in [-0.39, 0.29) is 6.04 Å². The first-order valence-electron chi connectivity index (χ1n) is 11.2. The second-order valence-electron chi connectivity index (χ2n) is 8.30. The van der Waals surface area contributed by atoms with E-state index in [9.17, 15) is 9.90 Å². The van der Waals surface area contributed by atoms with Gasteiger partial charge in [0, 0.05) is 43.2 Å². The van der Waals surface area contributed by atoms with Gasteiger partial charge in [-0.25, -0.2) is 19.3 Å². The fourth-order valence-electron chi connectivity index (χ4n) is 4.11. The second kappa shape index (κ2) is 8.65. The van der Waals surface area contributed by atoms with Gasteiger partial charge < -0.3 is 20.1 Å². The predicted molar refractivity (Wildman–Crippen MR) is 125 cm³/mol. The topological polar surface area (TPSA) is 123 Å². The molecule has 1 aliphatic heterocycles. The maximum atomic E-state index is 11.2. The van der Waals surface area contributed by atoms with E-state index in [2.05, 4.69) is 32.4 Å². The highest BCUT2D eigenvalue weighted by molar-refractivity contribution is 5.73. The number of nitrogens with one attached hydrogen (secondary N) is 1. The Balaban J connectivity index is 1.37. The Morgan fingerprint density at radius 3 is 2.85 bits per heavy atom. The lowest BCUT2D eigenvalue weighted by Crippen LogP contribution is -2.53. The normalized spacial score (nSPS) is 15.4. The largest absolute Gasteiger partial charge is 0.487 e. The molecule has 0 aliphatic carbocycles. The molecule has 1 fully saturated rings. The number of aryl methyl sites for hydroxylation is 3. The SMILES string of the molecule is CCc1cc(Nc2cc3cc(-c4c(OC[C@@H]5CCN5C(=O)O)cnn4C)ccn3n2)nc(C)n1. The maximum Gasteiger partial charge on any atom is 0.407 e. The molecule has 1 amide bonds. The highest BCUT2D eigenvalue weighted by Gasteiger charge is 2.32. The van der Waals surface area contributed by atoms with E-state index in [1.54, 1.807) is 15.4 Å². The molecule has 4 aromatic heterocycles. The summed E-state index contributed by atoms with van der Waals surface area (Å²) in [5.74, 6) is 2.72. The number of anilines is 2. The molecule has 4 aromatic rings. The number of carboxylic acid groups (broad SMARTS) is 1. The molecule has 11 nitrogen and oxygen atoms in total. The van der Waals surface area contributed by atoms with Crippen molar-refractivity contribution in [3.8, 4) is 17.0 Å². The summed E-state index contributed by atoms with van der Waals surface area (Å²) in [6, 6.07) is 7.70. The number of carbonyl (C=O) groups is 1. The van der Waals surface area contributed by atoms with E-state index >= 15 is 0 Å². The van der Waals surface area contributed by atoms with Gasteiger partial charge in [0.25, 0.3) is 0 Å². The number of hydrogen-bond acceptors (Lipinski definition) is 7. The summed E-state index contributed by atoms with van der Waals surface area (Å²) in [4.78, 5) is 21.5. The molecule has 0 saturated carbocycles. The van der Waals surface area contributed by atoms with Crippen LogP contribution in [0.3, 0.4) is 0 Å². The molecule has 1 aliphatic rings. The molecule has 1 saturated heterocycles. The number of pyridine rings is 1. The van der Waals surface area contributed by atoms with Crippen molar-refractivity contribution < 1.29 is 14.6 Å². The Morgan fingerprint density at radius 1 is 1.26 bits per heavy atom. The summed E-state index contributed by atoms with van der Waals surface area (Å²) in [6.45, 7) is 4.78. The Labute approximate surface area is 196 Å². The number of rotatable bonds is 7. The monoisotopic (exact) mass is 462 g/mol. The first-order valence-corrected chi connectivity index (χ1v) is 11.2. The molecular formula is C23H26N8O3. The summed E-state index contributed by atoms with van der Waals surface area (Å²) in [7, 11) is 1.85. The van der Waals surface area contributed by atoms with Crippen LogP contribution in [0.15, 0.2) is 36.7 Å². The minimum atomic E-state index is -0.912. The van der Waals surface area contributed by atoms with Gasteiger partial charge in [-0.1, -0.05) is 6.92 Å². The number of amides is 1. The third kappa shape index (κ3) is 4.12. The summed E-state index contributed by atoms with van der Waals surface area (Å²) in [5.41, 5.74) is 3.60. The minimum absolute atomic E-state index is 0.129. The zero-order valence-electron chi connectivity index (χ0n) is 19.3. The van der Waals surface area contributed by atoms with Crippen LogP contribution in [0.5, 0.6) is 5.75 Å². The second-order valence-corrected chi connectivity index (χ2v) is 8.30. The van der Waals surface area contributed by atoms with Crippen molar-refractivity contribution in [2.75, 3.05) is 18.5 Å². The van der Waals surface area contributed by atoms with Crippen LogP contribution in [0, 0.1) is 6.92 Å². The number of hydrogen-bond donors (Lipinski definition) is 2. The molecule has 0 aromatic carbocycles. The molecule has 0 unspecified atom stereocenters. The summed E-state index contributed by atoms with van der Waals surface area (Å²) < 4.78 is 9.53. The van der Waals surface area contributed by atoms with Crippen LogP contribution in [-0.4, -0.2) is 64.7 Å². The van der Waals surface area contributed by atoms with E-state index in [0.29, 0.717) is 36.4 Å². The molecule has 0 bridgehead atoms. The zero-order chi connectivity index (χ0) is 23.8. The predicted octanol–water partition coefficient (Wildman–Crippen LogP) is 3.27. The molecule has 0 radical (unpaired) electrons. The lowest BCUT2D eigenvalue weighted by Gasteiger charge is -2.38. The Bertz CT molecular complexity index is 1360. The van der Waals surface area contributed by atoms with Crippen LogP contribution < -0.4 is 10.1 Å². The quantitative estimate of drug-likeness (QED) is 0.429. The van der Waals surface area contributed by atoms with Crippen molar-refractivity contribution in [1.82, 2.24) is 34.3 Å². The van der Waals surface area contributed by atoms with Gasteiger partial charge >= 0.3 is 6.09 Å². The van der Waals surface area contributed by atoms with E-state index in [4.69, 9.17) is 4.74 Å². The Kier molecular flexibility index (Phi) is 5.52. The lowest BCUT2D eigenvalue weighted by molar-refractivity contribution is 0.0501. The molecule has 34 heavy (non-hydrogen) atoms. The van der Waals surface area contributed by atoms with E-state index in [0.717, 1.165) is 35.3 Å². The van der Waals surface area contributed by atoms with Crippen molar-refractivity contribution in [2.45, 2.75) is 32.7 Å². The van der Waals surface area contributed by atoms with Gasteiger partial charge in [-0.05, 0) is 31.9 Å². The van der Waals surface area contributed by atoms with Gasteiger partial charge in [-0.2, -0.15) is 10.2 Å². The van der Waals surface area contributed by atoms with Gasteiger partial charge in [0.1, 0.15) is 23.9 Å². The Morgan fingerprint density at radius 2 is 2.12 bits per heavy atom. The van der Waals surface area contributed by atoms with Crippen molar-refractivity contribution in [2.24, 2.45) is 7.05 Å².